The van der Waals surface area contributed by atoms with E-state index >= 15 is 0 Å². The highest BCUT2D eigenvalue weighted by Gasteiger charge is 2.31. The van der Waals surface area contributed by atoms with Crippen molar-refractivity contribution in [2.24, 2.45) is 0 Å². The number of carbonyl (C=O) groups is 1. The summed E-state index contributed by atoms with van der Waals surface area (Å²) in [6, 6.07) is 7.04. The van der Waals surface area contributed by atoms with E-state index in [9.17, 15) is 4.79 Å². The van der Waals surface area contributed by atoms with Crippen molar-refractivity contribution >= 4 is 5.91 Å². The molecular formula is C28H47N3O4. The molecule has 7 heteroatoms. The first-order chi connectivity index (χ1) is 17.0. The Morgan fingerprint density at radius 2 is 1.89 bits per heavy atom. The molecule has 0 spiro atoms. The molecule has 1 aromatic rings. The summed E-state index contributed by atoms with van der Waals surface area (Å²) in [5, 5.41) is 7.49. The van der Waals surface area contributed by atoms with Crippen molar-refractivity contribution < 1.29 is 19.0 Å². The lowest BCUT2D eigenvalue weighted by atomic mass is 9.94. The molecule has 1 aliphatic carbocycles. The van der Waals surface area contributed by atoms with E-state index in [0.717, 1.165) is 38.8 Å². The summed E-state index contributed by atoms with van der Waals surface area (Å²) in [6.45, 7) is 7.27. The smallest absolute Gasteiger partial charge is 0.254 e. The van der Waals surface area contributed by atoms with Gasteiger partial charge >= 0.3 is 0 Å². The number of nitrogens with zero attached hydrogens (tertiary/aromatic N) is 1. The van der Waals surface area contributed by atoms with E-state index in [-0.39, 0.29) is 18.0 Å². The number of nitrogens with one attached hydrogen (secondary N) is 2. The molecule has 1 aromatic carbocycles. The number of piperidine rings is 1. The van der Waals surface area contributed by atoms with E-state index in [1.807, 2.05) is 23.1 Å². The maximum atomic E-state index is 13.6. The molecule has 1 heterocycles. The standard InChI is InChI=1S/C28H47N3O4/c1-21(2)31(25-13-12-24(30-20-25)15-16-29-23-9-6-5-7-10-23)28(32)22-11-14-26(34-4)27(19-22)35-18-8-17-33-3/h11,14,19,21,23-25,29-30H,5-10,12-13,15-18,20H2,1-4H3/t24-,25-/m1/s1. The molecule has 2 N–H and O–H groups in total. The molecule has 198 valence electrons. The van der Waals surface area contributed by atoms with Crippen LogP contribution in [-0.2, 0) is 4.74 Å². The molecule has 1 amide bonds. The molecule has 0 aromatic heterocycles. The van der Waals surface area contributed by atoms with Gasteiger partial charge in [-0.2, -0.15) is 0 Å². The number of methoxy groups -OCH3 is 2. The van der Waals surface area contributed by atoms with Gasteiger partial charge in [0.2, 0.25) is 0 Å². The lowest BCUT2D eigenvalue weighted by Gasteiger charge is -2.40. The molecule has 0 bridgehead atoms. The molecule has 1 saturated carbocycles. The van der Waals surface area contributed by atoms with Gasteiger partial charge in [0.05, 0.1) is 13.7 Å². The van der Waals surface area contributed by atoms with Crippen molar-refractivity contribution in [1.82, 2.24) is 15.5 Å². The van der Waals surface area contributed by atoms with Crippen molar-refractivity contribution in [2.45, 2.75) is 95.8 Å². The second-order valence-electron chi connectivity index (χ2n) is 10.3. The van der Waals surface area contributed by atoms with Crippen molar-refractivity contribution in [3.63, 3.8) is 0 Å². The van der Waals surface area contributed by atoms with Gasteiger partial charge in [-0.1, -0.05) is 19.3 Å². The van der Waals surface area contributed by atoms with Gasteiger partial charge in [-0.25, -0.2) is 0 Å². The Kier molecular flexibility index (Phi) is 11.6. The van der Waals surface area contributed by atoms with E-state index in [4.69, 9.17) is 14.2 Å². The van der Waals surface area contributed by atoms with E-state index in [1.54, 1.807) is 14.2 Å². The number of ether oxygens (including phenoxy) is 3. The fourth-order valence-electron chi connectivity index (χ4n) is 5.43. The zero-order valence-electron chi connectivity index (χ0n) is 22.3. The molecular weight excluding hydrogens is 442 g/mol. The fourth-order valence-corrected chi connectivity index (χ4v) is 5.43. The summed E-state index contributed by atoms with van der Waals surface area (Å²) in [4.78, 5) is 15.7. The third-order valence-electron chi connectivity index (χ3n) is 7.37. The zero-order valence-corrected chi connectivity index (χ0v) is 22.3. The molecule has 35 heavy (non-hydrogen) atoms. The van der Waals surface area contributed by atoms with Gasteiger partial charge in [0, 0.05) is 56.4 Å². The van der Waals surface area contributed by atoms with Crippen LogP contribution in [-0.4, -0.2) is 75.5 Å². The molecule has 2 atom stereocenters. The molecule has 0 radical (unpaired) electrons. The number of rotatable bonds is 13. The Bertz CT molecular complexity index is 759. The Labute approximate surface area is 212 Å². The van der Waals surface area contributed by atoms with Crippen molar-refractivity contribution in [1.29, 1.82) is 0 Å². The van der Waals surface area contributed by atoms with Gasteiger partial charge in [0.1, 0.15) is 0 Å². The Morgan fingerprint density at radius 3 is 2.54 bits per heavy atom. The number of benzene rings is 1. The topological polar surface area (TPSA) is 72.1 Å². The Balaban J connectivity index is 1.54. The van der Waals surface area contributed by atoms with E-state index in [1.165, 1.54) is 32.1 Å². The van der Waals surface area contributed by atoms with E-state index in [2.05, 4.69) is 24.5 Å². The van der Waals surface area contributed by atoms with Crippen molar-refractivity contribution in [2.75, 3.05) is 40.5 Å². The van der Waals surface area contributed by atoms with Crippen LogP contribution in [0.1, 0.15) is 82.0 Å². The van der Waals surface area contributed by atoms with E-state index in [0.29, 0.717) is 42.4 Å². The molecule has 1 saturated heterocycles. The van der Waals surface area contributed by atoms with Crippen LogP contribution in [0.25, 0.3) is 0 Å². The van der Waals surface area contributed by atoms with Crippen molar-refractivity contribution in [3.05, 3.63) is 23.8 Å². The number of amides is 1. The number of carbonyl (C=O) groups excluding carboxylic acids is 1. The second-order valence-corrected chi connectivity index (χ2v) is 10.3. The molecule has 7 nitrogen and oxygen atoms in total. The summed E-state index contributed by atoms with van der Waals surface area (Å²) >= 11 is 0. The average molecular weight is 490 g/mol. The summed E-state index contributed by atoms with van der Waals surface area (Å²) in [6.07, 6.45) is 10.9. The summed E-state index contributed by atoms with van der Waals surface area (Å²) in [5.41, 5.74) is 0.639. The van der Waals surface area contributed by atoms with Crippen molar-refractivity contribution in [3.8, 4) is 11.5 Å². The second kappa shape index (κ2) is 14.7. The molecule has 2 aliphatic rings. The monoisotopic (exact) mass is 489 g/mol. The quantitative estimate of drug-likeness (QED) is 0.400. The predicted octanol–water partition coefficient (Wildman–Crippen LogP) is 4.39. The van der Waals surface area contributed by atoms with Crippen LogP contribution in [0, 0.1) is 0 Å². The SMILES string of the molecule is COCCCOc1cc(C(=O)N(C(C)C)[C@@H]2CC[C@H](CCNC3CCCCC3)NC2)ccc1OC. The van der Waals surface area contributed by atoms with Gasteiger partial charge in [-0.15, -0.1) is 0 Å². The predicted molar refractivity (Wildman–Crippen MR) is 141 cm³/mol. The first-order valence-electron chi connectivity index (χ1n) is 13.6. The van der Waals surface area contributed by atoms with Crippen LogP contribution >= 0.6 is 0 Å². The minimum Gasteiger partial charge on any atom is -0.493 e. The van der Waals surface area contributed by atoms with Crippen LogP contribution in [0.3, 0.4) is 0 Å². The van der Waals surface area contributed by atoms with Crippen LogP contribution in [0.15, 0.2) is 18.2 Å². The average Bonchev–Trinajstić information content (AvgIpc) is 2.88. The fraction of sp³-hybridized carbons (Fsp3) is 0.750. The maximum absolute atomic E-state index is 13.6. The highest BCUT2D eigenvalue weighted by atomic mass is 16.5. The van der Waals surface area contributed by atoms with E-state index < -0.39 is 0 Å². The third kappa shape index (κ3) is 8.36. The molecule has 2 fully saturated rings. The minimum absolute atomic E-state index is 0.0496. The van der Waals surface area contributed by atoms with Crippen LogP contribution in [0.4, 0.5) is 0 Å². The Morgan fingerprint density at radius 1 is 1.09 bits per heavy atom. The Hall–Kier alpha value is -1.83. The highest BCUT2D eigenvalue weighted by Crippen LogP contribution is 2.30. The van der Waals surface area contributed by atoms with Crippen LogP contribution < -0.4 is 20.1 Å². The van der Waals surface area contributed by atoms with Crippen LogP contribution in [0.2, 0.25) is 0 Å². The van der Waals surface area contributed by atoms with Gasteiger partial charge < -0.3 is 29.7 Å². The molecule has 3 rings (SSSR count). The number of hydrogen-bond donors (Lipinski definition) is 2. The first-order valence-corrected chi connectivity index (χ1v) is 13.6. The maximum Gasteiger partial charge on any atom is 0.254 e. The largest absolute Gasteiger partial charge is 0.493 e. The lowest BCUT2D eigenvalue weighted by Crippen LogP contribution is -2.54. The van der Waals surface area contributed by atoms with Crippen LogP contribution in [0.5, 0.6) is 11.5 Å². The minimum atomic E-state index is 0.0496. The summed E-state index contributed by atoms with van der Waals surface area (Å²) < 4.78 is 16.5. The first kappa shape index (κ1) is 27.8. The summed E-state index contributed by atoms with van der Waals surface area (Å²) in [7, 11) is 3.30. The summed E-state index contributed by atoms with van der Waals surface area (Å²) in [5.74, 6) is 1.29. The lowest BCUT2D eigenvalue weighted by molar-refractivity contribution is 0.0552. The molecule has 1 aliphatic heterocycles. The zero-order chi connectivity index (χ0) is 25.0. The number of hydrogen-bond acceptors (Lipinski definition) is 6. The van der Waals surface area contributed by atoms with Gasteiger partial charge in [0.25, 0.3) is 5.91 Å². The molecule has 0 unspecified atom stereocenters. The third-order valence-corrected chi connectivity index (χ3v) is 7.37. The van der Waals surface area contributed by atoms with Gasteiger partial charge in [0.15, 0.2) is 11.5 Å². The highest BCUT2D eigenvalue weighted by molar-refractivity contribution is 5.95. The van der Waals surface area contributed by atoms with Gasteiger partial charge in [-0.3, -0.25) is 4.79 Å². The normalized spacial score (nSPS) is 21.2. The van der Waals surface area contributed by atoms with Gasteiger partial charge in [-0.05, 0) is 70.7 Å².